The molecule has 4 rings (SSSR count). The van der Waals surface area contributed by atoms with Gasteiger partial charge in [-0.1, -0.05) is 19.1 Å². The number of hydrogen-bond acceptors (Lipinski definition) is 3. The molecular formula is C20H20N6O. The van der Waals surface area contributed by atoms with Gasteiger partial charge in [-0.2, -0.15) is 5.10 Å². The number of fused-ring (bicyclic) bond motifs is 1. The molecule has 1 aromatic carbocycles. The third-order valence-corrected chi connectivity index (χ3v) is 4.53. The van der Waals surface area contributed by atoms with E-state index in [1.807, 2.05) is 23.1 Å². The molecule has 0 fully saturated rings. The van der Waals surface area contributed by atoms with Crippen molar-refractivity contribution in [3.05, 3.63) is 60.7 Å². The molecule has 0 spiro atoms. The highest BCUT2D eigenvalue weighted by Crippen LogP contribution is 2.27. The number of hydrogen-bond donors (Lipinski definition) is 3. The number of carbonyl (C=O) groups excluding carboxylic acids is 1. The van der Waals surface area contributed by atoms with E-state index in [0.717, 1.165) is 28.6 Å². The molecule has 3 N–H and O–H groups in total. The third kappa shape index (κ3) is 3.27. The van der Waals surface area contributed by atoms with Crippen LogP contribution in [0.2, 0.25) is 0 Å². The van der Waals surface area contributed by atoms with Crippen molar-refractivity contribution < 1.29 is 4.79 Å². The standard InChI is InChI=1S/C20H20N6O/c1-3-13-4-6-16(7-5-13)26-12-15(10-24-26)14-8-17-18(25-20(27)21-2)11-23-19(17)22-9-14/h4-12H,3H2,1-2H3,(H,22,23)(H2,21,25,27). The highest BCUT2D eigenvalue weighted by atomic mass is 16.2. The van der Waals surface area contributed by atoms with Gasteiger partial charge < -0.3 is 15.6 Å². The topological polar surface area (TPSA) is 87.6 Å². The lowest BCUT2D eigenvalue weighted by atomic mass is 10.1. The Morgan fingerprint density at radius 3 is 2.74 bits per heavy atom. The number of pyridine rings is 1. The Labute approximate surface area is 156 Å². The van der Waals surface area contributed by atoms with Crippen molar-refractivity contribution in [2.75, 3.05) is 12.4 Å². The zero-order valence-corrected chi connectivity index (χ0v) is 15.2. The quantitative estimate of drug-likeness (QED) is 0.518. The molecule has 0 saturated heterocycles. The van der Waals surface area contributed by atoms with Gasteiger partial charge in [0.05, 0.1) is 17.6 Å². The number of aromatic amines is 1. The van der Waals surface area contributed by atoms with Crippen molar-refractivity contribution in [1.82, 2.24) is 25.1 Å². The van der Waals surface area contributed by atoms with E-state index in [-0.39, 0.29) is 6.03 Å². The van der Waals surface area contributed by atoms with Gasteiger partial charge in [-0.15, -0.1) is 0 Å². The number of urea groups is 1. The molecule has 3 aromatic heterocycles. The van der Waals surface area contributed by atoms with Crippen LogP contribution in [-0.4, -0.2) is 32.8 Å². The average Bonchev–Trinajstić information content (AvgIpc) is 3.35. The fourth-order valence-corrected chi connectivity index (χ4v) is 2.95. The van der Waals surface area contributed by atoms with Gasteiger partial charge in [-0.3, -0.25) is 0 Å². The zero-order chi connectivity index (χ0) is 18.8. The molecule has 0 aliphatic rings. The molecule has 0 atom stereocenters. The van der Waals surface area contributed by atoms with E-state index in [1.165, 1.54) is 5.56 Å². The van der Waals surface area contributed by atoms with E-state index in [9.17, 15) is 4.79 Å². The lowest BCUT2D eigenvalue weighted by Gasteiger charge is -2.04. The minimum atomic E-state index is -0.273. The first-order valence-corrected chi connectivity index (χ1v) is 8.78. The number of H-pyrrole nitrogens is 1. The molecule has 7 nitrogen and oxygen atoms in total. The number of aryl methyl sites for hydroxylation is 1. The SMILES string of the molecule is CCc1ccc(-n2cc(-c3cnc4[nH]cc(NC(=O)NC)c4c3)cn2)cc1. The van der Waals surface area contributed by atoms with Crippen molar-refractivity contribution >= 4 is 22.8 Å². The number of nitrogens with zero attached hydrogens (tertiary/aromatic N) is 3. The Hall–Kier alpha value is -3.61. The van der Waals surface area contributed by atoms with Crippen LogP contribution in [0.25, 0.3) is 27.8 Å². The Bertz CT molecular complexity index is 1090. The van der Waals surface area contributed by atoms with Crippen LogP contribution in [0.5, 0.6) is 0 Å². The van der Waals surface area contributed by atoms with Gasteiger partial charge in [0.25, 0.3) is 0 Å². The van der Waals surface area contributed by atoms with E-state index in [1.54, 1.807) is 19.4 Å². The first-order valence-electron chi connectivity index (χ1n) is 8.78. The first-order chi connectivity index (χ1) is 13.2. The van der Waals surface area contributed by atoms with Crippen molar-refractivity contribution in [1.29, 1.82) is 0 Å². The lowest BCUT2D eigenvalue weighted by molar-refractivity contribution is 0.254. The van der Waals surface area contributed by atoms with E-state index in [2.05, 4.69) is 56.9 Å². The lowest BCUT2D eigenvalue weighted by Crippen LogP contribution is -2.24. The van der Waals surface area contributed by atoms with Crippen molar-refractivity contribution in [2.45, 2.75) is 13.3 Å². The summed E-state index contributed by atoms with van der Waals surface area (Å²) in [5, 5.41) is 10.7. The molecule has 7 heteroatoms. The fourth-order valence-electron chi connectivity index (χ4n) is 2.95. The van der Waals surface area contributed by atoms with Gasteiger partial charge in [0.15, 0.2) is 0 Å². The van der Waals surface area contributed by atoms with Crippen molar-refractivity contribution in [3.8, 4) is 16.8 Å². The average molecular weight is 360 g/mol. The summed E-state index contributed by atoms with van der Waals surface area (Å²) in [5.74, 6) is 0. The third-order valence-electron chi connectivity index (χ3n) is 4.53. The highest BCUT2D eigenvalue weighted by molar-refractivity contribution is 6.00. The van der Waals surface area contributed by atoms with E-state index in [4.69, 9.17) is 0 Å². The summed E-state index contributed by atoms with van der Waals surface area (Å²) in [6, 6.07) is 10.1. The minimum absolute atomic E-state index is 0.273. The number of amides is 2. The van der Waals surface area contributed by atoms with Crippen LogP contribution in [0.1, 0.15) is 12.5 Å². The molecular weight excluding hydrogens is 340 g/mol. The Kier molecular flexibility index (Phi) is 4.33. The van der Waals surface area contributed by atoms with Gasteiger partial charge in [-0.05, 0) is 30.2 Å². The van der Waals surface area contributed by atoms with Gasteiger partial charge in [0, 0.05) is 42.2 Å². The highest BCUT2D eigenvalue weighted by Gasteiger charge is 2.10. The van der Waals surface area contributed by atoms with Gasteiger partial charge in [0.2, 0.25) is 0 Å². The van der Waals surface area contributed by atoms with Gasteiger partial charge >= 0.3 is 6.03 Å². The summed E-state index contributed by atoms with van der Waals surface area (Å²) in [5.41, 5.74) is 5.59. The summed E-state index contributed by atoms with van der Waals surface area (Å²) in [6.45, 7) is 2.14. The number of aromatic nitrogens is 4. The van der Waals surface area contributed by atoms with Crippen LogP contribution in [0.15, 0.2) is 55.1 Å². The molecule has 0 radical (unpaired) electrons. The Morgan fingerprint density at radius 1 is 1.19 bits per heavy atom. The number of nitrogens with one attached hydrogen (secondary N) is 3. The summed E-state index contributed by atoms with van der Waals surface area (Å²) >= 11 is 0. The van der Waals surface area contributed by atoms with Gasteiger partial charge in [0.1, 0.15) is 5.65 Å². The molecule has 27 heavy (non-hydrogen) atoms. The minimum Gasteiger partial charge on any atom is -0.344 e. The summed E-state index contributed by atoms with van der Waals surface area (Å²) in [6.07, 6.45) is 8.33. The number of benzene rings is 1. The Balaban J connectivity index is 1.67. The van der Waals surface area contributed by atoms with Crippen LogP contribution in [0, 0.1) is 0 Å². The monoisotopic (exact) mass is 360 g/mol. The van der Waals surface area contributed by atoms with E-state index >= 15 is 0 Å². The van der Waals surface area contributed by atoms with Crippen LogP contribution < -0.4 is 10.6 Å². The molecule has 0 bridgehead atoms. The molecule has 0 aliphatic heterocycles. The smallest absolute Gasteiger partial charge is 0.319 e. The summed E-state index contributed by atoms with van der Waals surface area (Å²) in [7, 11) is 1.58. The maximum absolute atomic E-state index is 11.6. The number of carbonyl (C=O) groups is 1. The molecule has 136 valence electrons. The van der Waals surface area contributed by atoms with E-state index < -0.39 is 0 Å². The van der Waals surface area contributed by atoms with Crippen LogP contribution >= 0.6 is 0 Å². The fraction of sp³-hybridized carbons (Fsp3) is 0.150. The molecule has 4 aromatic rings. The maximum Gasteiger partial charge on any atom is 0.319 e. The van der Waals surface area contributed by atoms with Crippen LogP contribution in [0.4, 0.5) is 10.5 Å². The molecule has 0 unspecified atom stereocenters. The van der Waals surface area contributed by atoms with Crippen molar-refractivity contribution in [2.24, 2.45) is 0 Å². The van der Waals surface area contributed by atoms with Crippen molar-refractivity contribution in [3.63, 3.8) is 0 Å². The second kappa shape index (κ2) is 6.95. The Morgan fingerprint density at radius 2 is 2.00 bits per heavy atom. The summed E-state index contributed by atoms with van der Waals surface area (Å²) < 4.78 is 1.85. The molecule has 2 amide bonds. The van der Waals surface area contributed by atoms with Crippen LogP contribution in [0.3, 0.4) is 0 Å². The van der Waals surface area contributed by atoms with Gasteiger partial charge in [-0.25, -0.2) is 14.5 Å². The molecule has 3 heterocycles. The summed E-state index contributed by atoms with van der Waals surface area (Å²) in [4.78, 5) is 19.1. The van der Waals surface area contributed by atoms with E-state index in [0.29, 0.717) is 11.3 Å². The first kappa shape index (κ1) is 16.8. The van der Waals surface area contributed by atoms with Crippen LogP contribution in [-0.2, 0) is 6.42 Å². The molecule has 0 saturated carbocycles. The second-order valence-electron chi connectivity index (χ2n) is 6.22. The number of anilines is 1. The predicted molar refractivity (Wildman–Crippen MR) is 106 cm³/mol. The largest absolute Gasteiger partial charge is 0.344 e. The molecule has 0 aliphatic carbocycles. The maximum atomic E-state index is 11.6. The normalized spacial score (nSPS) is 10.9. The second-order valence-corrected chi connectivity index (χ2v) is 6.22. The predicted octanol–water partition coefficient (Wildman–Crippen LogP) is 3.73. The number of rotatable bonds is 4. The zero-order valence-electron chi connectivity index (χ0n) is 15.2.